The number of rotatable bonds is 5. The number of carbonyl (C=O) groups is 2. The second-order valence-electron chi connectivity index (χ2n) is 4.26. The minimum absolute atomic E-state index is 0.127. The van der Waals surface area contributed by atoms with Crippen LogP contribution in [0.2, 0.25) is 0 Å². The summed E-state index contributed by atoms with van der Waals surface area (Å²) in [5, 5.41) is 2.54. The van der Waals surface area contributed by atoms with E-state index in [4.69, 9.17) is 4.74 Å². The summed E-state index contributed by atoms with van der Waals surface area (Å²) in [5.41, 5.74) is 0.944. The summed E-state index contributed by atoms with van der Waals surface area (Å²) >= 11 is 0. The Hall–Kier alpha value is -1.84. The maximum atomic E-state index is 11.7. The molecule has 4 nitrogen and oxygen atoms in total. The predicted octanol–water partition coefficient (Wildman–Crippen LogP) is 1.75. The first kappa shape index (κ1) is 14.2. The number of ketones is 1. The first-order valence-corrected chi connectivity index (χ1v) is 5.87. The van der Waals surface area contributed by atoms with Crippen molar-refractivity contribution in [1.82, 2.24) is 5.32 Å². The van der Waals surface area contributed by atoms with Crippen molar-refractivity contribution >= 4 is 11.7 Å². The van der Waals surface area contributed by atoms with Crippen molar-refractivity contribution < 1.29 is 14.3 Å². The van der Waals surface area contributed by atoms with Gasteiger partial charge in [0.05, 0.1) is 7.11 Å². The van der Waals surface area contributed by atoms with Crippen molar-refractivity contribution in [2.75, 3.05) is 14.2 Å². The minimum atomic E-state index is -0.650. The van der Waals surface area contributed by atoms with E-state index in [2.05, 4.69) is 5.32 Å². The van der Waals surface area contributed by atoms with Gasteiger partial charge >= 0.3 is 0 Å². The fourth-order valence-corrected chi connectivity index (χ4v) is 2.02. The molecular formula is C14H19NO3. The lowest BCUT2D eigenvalue weighted by molar-refractivity contribution is -0.133. The highest BCUT2D eigenvalue weighted by Gasteiger charge is 2.29. The number of hydrogen-bond acceptors (Lipinski definition) is 3. The van der Waals surface area contributed by atoms with Crippen molar-refractivity contribution in [3.63, 3.8) is 0 Å². The van der Waals surface area contributed by atoms with Crippen molar-refractivity contribution in [2.24, 2.45) is 5.92 Å². The van der Waals surface area contributed by atoms with E-state index in [1.54, 1.807) is 14.2 Å². The van der Waals surface area contributed by atoms with E-state index in [0.717, 1.165) is 11.3 Å². The molecule has 1 aromatic rings. The minimum Gasteiger partial charge on any atom is -0.497 e. The van der Waals surface area contributed by atoms with E-state index in [1.165, 1.54) is 6.92 Å². The summed E-state index contributed by atoms with van der Waals surface area (Å²) in [5.74, 6) is -0.425. The number of carbonyl (C=O) groups excluding carboxylic acids is 2. The summed E-state index contributed by atoms with van der Waals surface area (Å²) in [7, 11) is 3.14. The molecule has 0 fully saturated rings. The van der Waals surface area contributed by atoms with Crippen LogP contribution in [0.3, 0.4) is 0 Å². The van der Waals surface area contributed by atoms with Crippen molar-refractivity contribution in [2.45, 2.75) is 19.8 Å². The van der Waals surface area contributed by atoms with Crippen LogP contribution < -0.4 is 10.1 Å². The van der Waals surface area contributed by atoms with Gasteiger partial charge in [0.2, 0.25) is 5.91 Å². The first-order valence-electron chi connectivity index (χ1n) is 5.87. The van der Waals surface area contributed by atoms with Gasteiger partial charge in [-0.2, -0.15) is 0 Å². The predicted molar refractivity (Wildman–Crippen MR) is 69.6 cm³/mol. The van der Waals surface area contributed by atoms with Crippen LogP contribution in [0.5, 0.6) is 5.75 Å². The SMILES string of the molecule is CNC(=O)C(C(C)=O)C(C)c1ccc(OC)cc1. The van der Waals surface area contributed by atoms with Gasteiger partial charge in [-0.15, -0.1) is 0 Å². The zero-order chi connectivity index (χ0) is 13.7. The lowest BCUT2D eigenvalue weighted by Crippen LogP contribution is -2.35. The summed E-state index contributed by atoms with van der Waals surface area (Å²) in [6.45, 7) is 3.32. The molecule has 0 saturated heterocycles. The van der Waals surface area contributed by atoms with Crippen molar-refractivity contribution in [3.05, 3.63) is 29.8 Å². The number of methoxy groups -OCH3 is 1. The number of ether oxygens (including phenoxy) is 1. The topological polar surface area (TPSA) is 55.4 Å². The molecule has 0 aliphatic carbocycles. The third kappa shape index (κ3) is 3.09. The normalized spacial score (nSPS) is 13.6. The van der Waals surface area contributed by atoms with E-state index < -0.39 is 5.92 Å². The van der Waals surface area contributed by atoms with Gasteiger partial charge in [0.25, 0.3) is 0 Å². The van der Waals surface area contributed by atoms with Gasteiger partial charge in [0.15, 0.2) is 0 Å². The molecule has 1 N–H and O–H groups in total. The number of benzene rings is 1. The summed E-state index contributed by atoms with van der Waals surface area (Å²) in [4.78, 5) is 23.3. The number of nitrogens with one attached hydrogen (secondary N) is 1. The van der Waals surface area contributed by atoms with Crippen molar-refractivity contribution in [3.8, 4) is 5.75 Å². The Morgan fingerprint density at radius 2 is 1.78 bits per heavy atom. The Balaban J connectivity index is 2.97. The van der Waals surface area contributed by atoms with E-state index in [-0.39, 0.29) is 17.6 Å². The standard InChI is InChI=1S/C14H19NO3/c1-9(13(10(2)16)14(17)15-3)11-5-7-12(18-4)8-6-11/h5-9,13H,1-4H3,(H,15,17). The lowest BCUT2D eigenvalue weighted by atomic mass is 9.84. The number of Topliss-reactive ketones (excluding diaryl/α,β-unsaturated/α-hetero) is 1. The molecule has 0 radical (unpaired) electrons. The average molecular weight is 249 g/mol. The van der Waals surface area contributed by atoms with E-state index in [1.807, 2.05) is 31.2 Å². The van der Waals surface area contributed by atoms with Crippen LogP contribution in [0, 0.1) is 5.92 Å². The van der Waals surface area contributed by atoms with Gasteiger partial charge in [0, 0.05) is 7.05 Å². The van der Waals surface area contributed by atoms with Gasteiger partial charge < -0.3 is 10.1 Å². The molecule has 0 aliphatic heterocycles. The Morgan fingerprint density at radius 1 is 1.22 bits per heavy atom. The number of amides is 1. The highest BCUT2D eigenvalue weighted by molar-refractivity contribution is 6.01. The fraction of sp³-hybridized carbons (Fsp3) is 0.429. The third-order valence-corrected chi connectivity index (χ3v) is 3.11. The molecule has 4 heteroatoms. The Labute approximate surface area is 107 Å². The highest BCUT2D eigenvalue weighted by Crippen LogP contribution is 2.26. The maximum absolute atomic E-state index is 11.7. The van der Waals surface area contributed by atoms with Crippen LogP contribution in [0.1, 0.15) is 25.3 Å². The number of hydrogen-bond donors (Lipinski definition) is 1. The van der Waals surface area contributed by atoms with Crippen LogP contribution in [0.25, 0.3) is 0 Å². The summed E-state index contributed by atoms with van der Waals surface area (Å²) < 4.78 is 5.08. The molecule has 0 spiro atoms. The smallest absolute Gasteiger partial charge is 0.230 e. The molecule has 0 aromatic heterocycles. The molecule has 0 aliphatic rings. The van der Waals surface area contributed by atoms with Crippen molar-refractivity contribution in [1.29, 1.82) is 0 Å². The second kappa shape index (κ2) is 6.19. The molecule has 98 valence electrons. The van der Waals surface area contributed by atoms with E-state index >= 15 is 0 Å². The van der Waals surface area contributed by atoms with E-state index in [9.17, 15) is 9.59 Å². The molecule has 1 amide bonds. The molecule has 0 saturated carbocycles. The van der Waals surface area contributed by atoms with Crippen LogP contribution >= 0.6 is 0 Å². The molecule has 0 bridgehead atoms. The summed E-state index contributed by atoms with van der Waals surface area (Å²) in [6, 6.07) is 7.41. The molecule has 18 heavy (non-hydrogen) atoms. The monoisotopic (exact) mass is 249 g/mol. The zero-order valence-electron chi connectivity index (χ0n) is 11.2. The Morgan fingerprint density at radius 3 is 2.17 bits per heavy atom. The molecule has 2 atom stereocenters. The summed E-state index contributed by atoms with van der Waals surface area (Å²) in [6.07, 6.45) is 0. The van der Waals surface area contributed by atoms with E-state index in [0.29, 0.717) is 0 Å². The molecule has 2 unspecified atom stereocenters. The zero-order valence-corrected chi connectivity index (χ0v) is 11.2. The highest BCUT2D eigenvalue weighted by atomic mass is 16.5. The average Bonchev–Trinajstić information content (AvgIpc) is 2.38. The fourth-order valence-electron chi connectivity index (χ4n) is 2.02. The quantitative estimate of drug-likeness (QED) is 0.809. The van der Waals surface area contributed by atoms with Gasteiger partial charge in [-0.3, -0.25) is 9.59 Å². The van der Waals surface area contributed by atoms with Gasteiger partial charge in [-0.25, -0.2) is 0 Å². The Bertz CT molecular complexity index is 425. The van der Waals surface area contributed by atoms with Gasteiger partial charge in [-0.05, 0) is 30.5 Å². The lowest BCUT2D eigenvalue weighted by Gasteiger charge is -2.20. The maximum Gasteiger partial charge on any atom is 0.230 e. The molecule has 1 rings (SSSR count). The van der Waals surface area contributed by atoms with Crippen LogP contribution in [-0.4, -0.2) is 25.8 Å². The molecular weight excluding hydrogens is 230 g/mol. The molecule has 1 aromatic carbocycles. The Kier molecular flexibility index (Phi) is 4.89. The van der Waals surface area contributed by atoms with Gasteiger partial charge in [0.1, 0.15) is 17.5 Å². The van der Waals surface area contributed by atoms with Crippen LogP contribution in [0.15, 0.2) is 24.3 Å². The van der Waals surface area contributed by atoms with Crippen LogP contribution in [-0.2, 0) is 9.59 Å². The first-order chi connectivity index (χ1) is 8.51. The van der Waals surface area contributed by atoms with Gasteiger partial charge in [-0.1, -0.05) is 19.1 Å². The largest absolute Gasteiger partial charge is 0.497 e. The third-order valence-electron chi connectivity index (χ3n) is 3.11. The van der Waals surface area contributed by atoms with Crippen LogP contribution in [0.4, 0.5) is 0 Å². The molecule has 0 heterocycles. The second-order valence-corrected chi connectivity index (χ2v) is 4.26.